The first-order chi connectivity index (χ1) is 9.03. The Kier molecular flexibility index (Phi) is 4.02. The normalized spacial score (nSPS) is 13.8. The van der Waals surface area contributed by atoms with Gasteiger partial charge in [-0.1, -0.05) is 35.4 Å². The highest BCUT2D eigenvalue weighted by atomic mass is 32.2. The highest BCUT2D eigenvalue weighted by Gasteiger charge is 2.11. The number of aryl methyl sites for hydroxylation is 2. The van der Waals surface area contributed by atoms with E-state index in [1.54, 1.807) is 12.1 Å². The van der Waals surface area contributed by atoms with Crippen LogP contribution in [-0.2, 0) is 14.2 Å². The predicted molar refractivity (Wildman–Crippen MR) is 77.9 cm³/mol. The Bertz CT molecular complexity index is 666. The Morgan fingerprint density at radius 1 is 0.895 bits per heavy atom. The summed E-state index contributed by atoms with van der Waals surface area (Å²) >= 11 is 0. The fourth-order valence-corrected chi connectivity index (χ4v) is 2.89. The van der Waals surface area contributed by atoms with E-state index in [-0.39, 0.29) is 0 Å². The van der Waals surface area contributed by atoms with Crippen molar-refractivity contribution in [2.75, 3.05) is 7.11 Å². The van der Waals surface area contributed by atoms with Crippen molar-refractivity contribution < 1.29 is 8.39 Å². The Morgan fingerprint density at radius 3 is 1.84 bits per heavy atom. The van der Waals surface area contributed by atoms with Gasteiger partial charge in [0.2, 0.25) is 0 Å². The molecule has 0 amide bonds. The van der Waals surface area contributed by atoms with Gasteiger partial charge < -0.3 is 0 Å². The first-order valence-electron chi connectivity index (χ1n) is 5.99. The van der Waals surface area contributed by atoms with Crippen LogP contribution >= 0.6 is 0 Å². The van der Waals surface area contributed by atoms with Gasteiger partial charge in [-0.3, -0.25) is 4.18 Å². The first kappa shape index (κ1) is 13.8. The zero-order chi connectivity index (χ0) is 13.9. The summed E-state index contributed by atoms with van der Waals surface area (Å²) in [6.45, 7) is 3.98. The van der Waals surface area contributed by atoms with Gasteiger partial charge in [0, 0.05) is 0 Å². The molecule has 3 nitrogen and oxygen atoms in total. The van der Waals surface area contributed by atoms with E-state index in [1.807, 2.05) is 50.2 Å². The van der Waals surface area contributed by atoms with Gasteiger partial charge in [0.15, 0.2) is 10.0 Å². The average molecular weight is 275 g/mol. The second kappa shape index (κ2) is 5.55. The third-order valence-corrected chi connectivity index (χ3v) is 4.58. The van der Waals surface area contributed by atoms with Gasteiger partial charge in [-0.25, -0.2) is 4.21 Å². The summed E-state index contributed by atoms with van der Waals surface area (Å²) in [6, 6.07) is 14.9. The molecule has 0 saturated carbocycles. The maximum Gasteiger partial charge on any atom is 0.198 e. The molecule has 0 bridgehead atoms. The van der Waals surface area contributed by atoms with Crippen molar-refractivity contribution in [1.82, 2.24) is 0 Å². The monoisotopic (exact) mass is 275 g/mol. The third kappa shape index (κ3) is 3.22. The van der Waals surface area contributed by atoms with Crippen LogP contribution in [0.4, 0.5) is 5.69 Å². The lowest BCUT2D eigenvalue weighted by molar-refractivity contribution is 0.436. The molecule has 0 aliphatic rings. The molecule has 0 radical (unpaired) electrons. The molecule has 0 heterocycles. The molecule has 19 heavy (non-hydrogen) atoms. The van der Waals surface area contributed by atoms with E-state index in [4.69, 9.17) is 4.18 Å². The molecular formula is C15H17NO2S. The van der Waals surface area contributed by atoms with Crippen LogP contribution < -0.4 is 0 Å². The van der Waals surface area contributed by atoms with Crippen LogP contribution in [0, 0.1) is 13.8 Å². The van der Waals surface area contributed by atoms with E-state index >= 15 is 0 Å². The molecule has 0 aliphatic heterocycles. The molecular weight excluding hydrogens is 258 g/mol. The summed E-state index contributed by atoms with van der Waals surface area (Å²) in [5.74, 6) is 0. The molecule has 100 valence electrons. The topological polar surface area (TPSA) is 38.7 Å². The third-order valence-electron chi connectivity index (χ3n) is 2.80. The van der Waals surface area contributed by atoms with E-state index in [1.165, 1.54) is 7.11 Å². The van der Waals surface area contributed by atoms with Crippen LogP contribution in [0.5, 0.6) is 0 Å². The van der Waals surface area contributed by atoms with Crippen LogP contribution in [0.25, 0.3) is 0 Å². The molecule has 2 aromatic rings. The second-order valence-corrected chi connectivity index (χ2v) is 6.32. The zero-order valence-corrected chi connectivity index (χ0v) is 12.1. The molecule has 2 aromatic carbocycles. The van der Waals surface area contributed by atoms with Crippen molar-refractivity contribution >= 4 is 15.7 Å². The van der Waals surface area contributed by atoms with E-state index < -0.39 is 10.0 Å². The van der Waals surface area contributed by atoms with Crippen molar-refractivity contribution in [3.63, 3.8) is 0 Å². The zero-order valence-electron chi connectivity index (χ0n) is 11.3. The van der Waals surface area contributed by atoms with Crippen LogP contribution in [0.15, 0.2) is 57.8 Å². The summed E-state index contributed by atoms with van der Waals surface area (Å²) in [7, 11) is -1.45. The average Bonchev–Trinajstić information content (AvgIpc) is 2.42. The number of hydrogen-bond donors (Lipinski definition) is 0. The first-order valence-corrected chi connectivity index (χ1v) is 7.43. The van der Waals surface area contributed by atoms with Gasteiger partial charge in [0.05, 0.1) is 17.7 Å². The molecule has 0 saturated heterocycles. The summed E-state index contributed by atoms with van der Waals surface area (Å²) in [4.78, 5) is 0.584. The van der Waals surface area contributed by atoms with Crippen molar-refractivity contribution in [1.29, 1.82) is 0 Å². The summed E-state index contributed by atoms with van der Waals surface area (Å²) < 4.78 is 22.1. The van der Waals surface area contributed by atoms with Gasteiger partial charge in [-0.05, 0) is 38.1 Å². The molecule has 0 N–H and O–H groups in total. The van der Waals surface area contributed by atoms with Gasteiger partial charge in [0.25, 0.3) is 0 Å². The van der Waals surface area contributed by atoms with Gasteiger partial charge in [0.1, 0.15) is 0 Å². The molecule has 2 rings (SSSR count). The molecule has 0 aromatic heterocycles. The molecule has 0 spiro atoms. The standard InChI is InChI=1S/C15H17NO2S/c1-12-4-8-14(9-5-12)16-19(17,18-3)15-10-6-13(2)7-11-15/h4-11H,1-3H3. The van der Waals surface area contributed by atoms with Crippen LogP contribution in [0.2, 0.25) is 0 Å². The highest BCUT2D eigenvalue weighted by molar-refractivity contribution is 7.89. The maximum absolute atomic E-state index is 12.7. The lowest BCUT2D eigenvalue weighted by Crippen LogP contribution is -2.02. The van der Waals surface area contributed by atoms with Gasteiger partial charge in [-0.15, -0.1) is 0 Å². The second-order valence-electron chi connectivity index (χ2n) is 4.38. The van der Waals surface area contributed by atoms with Crippen LogP contribution in [0.1, 0.15) is 11.1 Å². The van der Waals surface area contributed by atoms with E-state index in [0.29, 0.717) is 10.6 Å². The summed E-state index contributed by atoms with van der Waals surface area (Å²) in [6.07, 6.45) is 0. The van der Waals surface area contributed by atoms with E-state index in [0.717, 1.165) is 11.1 Å². The van der Waals surface area contributed by atoms with Crippen molar-refractivity contribution in [3.8, 4) is 0 Å². The molecule has 0 fully saturated rings. The maximum atomic E-state index is 12.7. The van der Waals surface area contributed by atoms with Crippen molar-refractivity contribution in [2.24, 2.45) is 4.36 Å². The quantitative estimate of drug-likeness (QED) is 0.848. The summed E-state index contributed by atoms with van der Waals surface area (Å²) in [5, 5.41) is 0. The minimum Gasteiger partial charge on any atom is -0.284 e. The number of hydrogen-bond acceptors (Lipinski definition) is 3. The Morgan fingerprint density at radius 2 is 1.37 bits per heavy atom. The Labute approximate surface area is 114 Å². The summed E-state index contributed by atoms with van der Waals surface area (Å²) in [5.41, 5.74) is 2.90. The van der Waals surface area contributed by atoms with Crippen molar-refractivity contribution in [3.05, 3.63) is 59.7 Å². The number of nitrogens with zero attached hydrogens (tertiary/aromatic N) is 1. The number of rotatable bonds is 3. The smallest absolute Gasteiger partial charge is 0.198 e. The fourth-order valence-electron chi connectivity index (χ4n) is 1.64. The number of benzene rings is 2. The van der Waals surface area contributed by atoms with Crippen LogP contribution in [0.3, 0.4) is 0 Å². The highest BCUT2D eigenvalue weighted by Crippen LogP contribution is 2.22. The van der Waals surface area contributed by atoms with Crippen molar-refractivity contribution in [2.45, 2.75) is 18.7 Å². The molecule has 1 atom stereocenters. The Hall–Kier alpha value is -1.65. The Balaban J connectivity index is 2.50. The van der Waals surface area contributed by atoms with Crippen LogP contribution in [-0.4, -0.2) is 11.3 Å². The molecule has 1 unspecified atom stereocenters. The molecule has 0 aliphatic carbocycles. The SMILES string of the molecule is COS(=O)(=Nc1ccc(C)cc1)c1ccc(C)cc1. The minimum absolute atomic E-state index is 0.584. The molecule has 4 heteroatoms. The van der Waals surface area contributed by atoms with Gasteiger partial charge >= 0.3 is 0 Å². The predicted octanol–water partition coefficient (Wildman–Crippen LogP) is 4.02. The van der Waals surface area contributed by atoms with E-state index in [9.17, 15) is 4.21 Å². The largest absolute Gasteiger partial charge is 0.284 e. The van der Waals surface area contributed by atoms with E-state index in [2.05, 4.69) is 4.36 Å². The lowest BCUT2D eigenvalue weighted by atomic mass is 10.2. The van der Waals surface area contributed by atoms with Gasteiger partial charge in [-0.2, -0.15) is 4.36 Å². The minimum atomic E-state index is -2.86. The lowest BCUT2D eigenvalue weighted by Gasteiger charge is -2.08. The fraction of sp³-hybridized carbons (Fsp3) is 0.200.